The Morgan fingerprint density at radius 2 is 1.85 bits per heavy atom. The molecule has 0 amide bonds. The van der Waals surface area contributed by atoms with Crippen molar-refractivity contribution >= 4 is 11.8 Å². The van der Waals surface area contributed by atoms with Crippen LogP contribution < -0.4 is 0 Å². The second kappa shape index (κ2) is 7.31. The molecule has 4 fully saturated rings. The molecule has 0 aromatic rings. The van der Waals surface area contributed by atoms with Gasteiger partial charge in [0.2, 0.25) is 0 Å². The molecular formula is C30H44O3. The van der Waals surface area contributed by atoms with Crippen molar-refractivity contribution < 1.29 is 14.3 Å². The van der Waals surface area contributed by atoms with Crippen LogP contribution in [0.5, 0.6) is 0 Å². The maximum absolute atomic E-state index is 12.9. The number of fused-ring (bicyclic) bond motifs is 7. The number of esters is 1. The first-order valence-corrected chi connectivity index (χ1v) is 13.4. The van der Waals surface area contributed by atoms with Crippen LogP contribution in [0.4, 0.5) is 0 Å². The third-order valence-electron chi connectivity index (χ3n) is 11.7. The van der Waals surface area contributed by atoms with Crippen molar-refractivity contribution in [1.82, 2.24) is 0 Å². The monoisotopic (exact) mass is 452 g/mol. The molecule has 0 bridgehead atoms. The molecule has 33 heavy (non-hydrogen) atoms. The molecule has 8 atom stereocenters. The lowest BCUT2D eigenvalue weighted by Gasteiger charge is -2.63. The summed E-state index contributed by atoms with van der Waals surface area (Å²) in [6.45, 7) is 16.1. The Kier molecular flexibility index (Phi) is 5.18. The first kappa shape index (κ1) is 23.4. The Labute approximate surface area is 200 Å². The van der Waals surface area contributed by atoms with Crippen molar-refractivity contribution in [3.05, 3.63) is 23.3 Å². The van der Waals surface area contributed by atoms with E-state index < -0.39 is 0 Å². The van der Waals surface area contributed by atoms with Crippen molar-refractivity contribution in [2.75, 3.05) is 0 Å². The van der Waals surface area contributed by atoms with Crippen LogP contribution in [0.25, 0.3) is 0 Å². The molecule has 0 aromatic heterocycles. The minimum atomic E-state index is -0.228. The number of hydrogen-bond acceptors (Lipinski definition) is 3. The van der Waals surface area contributed by atoms with Crippen molar-refractivity contribution in [3.8, 4) is 0 Å². The Hall–Kier alpha value is -1.38. The van der Waals surface area contributed by atoms with Gasteiger partial charge in [0.1, 0.15) is 11.9 Å². The lowest BCUT2D eigenvalue weighted by Crippen LogP contribution is -2.57. The van der Waals surface area contributed by atoms with Crippen LogP contribution in [0, 0.1) is 45.3 Å². The van der Waals surface area contributed by atoms with Crippen LogP contribution >= 0.6 is 0 Å². The van der Waals surface area contributed by atoms with Crippen LogP contribution in [0.3, 0.4) is 0 Å². The van der Waals surface area contributed by atoms with Gasteiger partial charge in [0.15, 0.2) is 0 Å². The first-order chi connectivity index (χ1) is 15.4. The van der Waals surface area contributed by atoms with E-state index in [0.29, 0.717) is 23.5 Å². The average Bonchev–Trinajstić information content (AvgIpc) is 3.14. The summed E-state index contributed by atoms with van der Waals surface area (Å²) >= 11 is 0. The van der Waals surface area contributed by atoms with Crippen molar-refractivity contribution in [2.24, 2.45) is 45.3 Å². The molecule has 3 saturated carbocycles. The van der Waals surface area contributed by atoms with Gasteiger partial charge in [-0.1, -0.05) is 57.9 Å². The predicted octanol–water partition coefficient (Wildman–Crippen LogP) is 7.06. The third-order valence-corrected chi connectivity index (χ3v) is 11.7. The number of ketones is 1. The molecule has 3 heteroatoms. The zero-order valence-electron chi connectivity index (χ0n) is 21.9. The van der Waals surface area contributed by atoms with E-state index in [1.54, 1.807) is 5.57 Å². The standard InChI is InChI=1S/C30H44O3/c1-18(2)9-8-10-19-25-22(33-26(19)32)17-30(7)21-11-12-23-27(3,4)24(31)14-15-28(23,5)20(21)13-16-29(25,30)6/h9,11,19-20,22-23,25H,8,10,12-17H2,1-7H3. The summed E-state index contributed by atoms with van der Waals surface area (Å²) in [5.41, 5.74) is 3.13. The molecule has 0 aromatic carbocycles. The fourth-order valence-electron chi connectivity index (χ4n) is 9.64. The molecule has 182 valence electrons. The number of hydrogen-bond donors (Lipinski definition) is 0. The number of carbonyl (C=O) groups is 2. The van der Waals surface area contributed by atoms with Gasteiger partial charge in [0.05, 0.1) is 5.92 Å². The molecule has 0 N–H and O–H groups in total. The highest BCUT2D eigenvalue weighted by molar-refractivity contribution is 5.85. The molecular weight excluding hydrogens is 408 g/mol. The topological polar surface area (TPSA) is 43.4 Å². The second-order valence-corrected chi connectivity index (χ2v) is 13.6. The Balaban J connectivity index is 1.49. The third kappa shape index (κ3) is 2.99. The molecule has 4 aliphatic carbocycles. The van der Waals surface area contributed by atoms with Crippen LogP contribution in [0.2, 0.25) is 0 Å². The fraction of sp³-hybridized carbons (Fsp3) is 0.800. The Bertz CT molecular complexity index is 936. The molecule has 1 heterocycles. The van der Waals surface area contributed by atoms with E-state index in [4.69, 9.17) is 4.74 Å². The number of ether oxygens (including phenoxy) is 1. The van der Waals surface area contributed by atoms with E-state index in [-0.39, 0.29) is 39.7 Å². The van der Waals surface area contributed by atoms with Crippen LogP contribution in [0.1, 0.15) is 99.8 Å². The minimum Gasteiger partial charge on any atom is -0.462 e. The van der Waals surface area contributed by atoms with Gasteiger partial charge < -0.3 is 4.74 Å². The van der Waals surface area contributed by atoms with E-state index >= 15 is 0 Å². The summed E-state index contributed by atoms with van der Waals surface area (Å²) in [5.74, 6) is 1.86. The van der Waals surface area contributed by atoms with Gasteiger partial charge >= 0.3 is 5.97 Å². The molecule has 1 aliphatic heterocycles. The van der Waals surface area contributed by atoms with Gasteiger partial charge in [-0.2, -0.15) is 0 Å². The van der Waals surface area contributed by atoms with Gasteiger partial charge in [-0.3, -0.25) is 9.59 Å². The van der Waals surface area contributed by atoms with Gasteiger partial charge in [-0.15, -0.1) is 0 Å². The maximum atomic E-state index is 12.9. The Morgan fingerprint density at radius 3 is 2.55 bits per heavy atom. The summed E-state index contributed by atoms with van der Waals surface area (Å²) in [6, 6.07) is 0. The summed E-state index contributed by atoms with van der Waals surface area (Å²) < 4.78 is 6.10. The SMILES string of the molecule is CC(C)=CCCC1C(=O)OC2CC3(C)C4=CCC5C(C)(C)C(=O)CCC5(C)C4CCC3(C)C21. The lowest BCUT2D eigenvalue weighted by atomic mass is 9.41. The highest BCUT2D eigenvalue weighted by Crippen LogP contribution is 2.74. The van der Waals surface area contributed by atoms with E-state index in [9.17, 15) is 9.59 Å². The van der Waals surface area contributed by atoms with Crippen LogP contribution in [-0.2, 0) is 14.3 Å². The van der Waals surface area contributed by atoms with Crippen LogP contribution in [-0.4, -0.2) is 17.9 Å². The smallest absolute Gasteiger partial charge is 0.309 e. The van der Waals surface area contributed by atoms with Gasteiger partial charge in [0, 0.05) is 17.8 Å². The zero-order valence-corrected chi connectivity index (χ0v) is 21.9. The molecule has 0 spiro atoms. The predicted molar refractivity (Wildman–Crippen MR) is 131 cm³/mol. The van der Waals surface area contributed by atoms with Crippen molar-refractivity contribution in [1.29, 1.82) is 0 Å². The number of carbonyl (C=O) groups excluding carboxylic acids is 2. The fourth-order valence-corrected chi connectivity index (χ4v) is 9.64. The molecule has 3 nitrogen and oxygen atoms in total. The maximum Gasteiger partial charge on any atom is 0.309 e. The van der Waals surface area contributed by atoms with Gasteiger partial charge in [-0.25, -0.2) is 0 Å². The highest BCUT2D eigenvalue weighted by atomic mass is 16.6. The summed E-state index contributed by atoms with van der Waals surface area (Å²) in [6.07, 6.45) is 12.9. The molecule has 5 aliphatic rings. The number of Topliss-reactive ketones (excluding diaryl/α,β-unsaturated/α-hetero) is 1. The quantitative estimate of drug-likeness (QED) is 0.340. The molecule has 1 saturated heterocycles. The lowest BCUT2D eigenvalue weighted by molar-refractivity contribution is -0.147. The minimum absolute atomic E-state index is 0.0349. The van der Waals surface area contributed by atoms with E-state index in [1.807, 2.05) is 0 Å². The second-order valence-electron chi connectivity index (χ2n) is 13.6. The van der Waals surface area contributed by atoms with Crippen LogP contribution in [0.15, 0.2) is 23.3 Å². The molecule has 0 radical (unpaired) electrons. The summed E-state index contributed by atoms with van der Waals surface area (Å²) in [7, 11) is 0. The number of allylic oxidation sites excluding steroid dienone is 4. The average molecular weight is 453 g/mol. The van der Waals surface area contributed by atoms with Crippen molar-refractivity contribution in [2.45, 2.75) is 106 Å². The van der Waals surface area contributed by atoms with Gasteiger partial charge in [0.25, 0.3) is 0 Å². The molecule has 5 rings (SSSR count). The normalized spacial score (nSPS) is 47.6. The highest BCUT2D eigenvalue weighted by Gasteiger charge is 2.70. The largest absolute Gasteiger partial charge is 0.462 e. The van der Waals surface area contributed by atoms with Gasteiger partial charge in [-0.05, 0) is 86.9 Å². The Morgan fingerprint density at radius 1 is 1.12 bits per heavy atom. The van der Waals surface area contributed by atoms with E-state index in [0.717, 1.165) is 38.5 Å². The summed E-state index contributed by atoms with van der Waals surface area (Å²) in [5, 5.41) is 0. The molecule has 8 unspecified atom stereocenters. The number of rotatable bonds is 3. The van der Waals surface area contributed by atoms with E-state index in [2.05, 4.69) is 60.6 Å². The van der Waals surface area contributed by atoms with E-state index in [1.165, 1.54) is 18.4 Å². The van der Waals surface area contributed by atoms with Crippen molar-refractivity contribution in [3.63, 3.8) is 0 Å². The summed E-state index contributed by atoms with van der Waals surface area (Å²) in [4.78, 5) is 25.7. The zero-order chi connectivity index (χ0) is 24.0. The first-order valence-electron chi connectivity index (χ1n) is 13.4.